The van der Waals surface area contributed by atoms with E-state index in [9.17, 15) is 0 Å². The number of anilines is 1. The first kappa shape index (κ1) is 11.9. The summed E-state index contributed by atoms with van der Waals surface area (Å²) < 4.78 is 1.17. The summed E-state index contributed by atoms with van der Waals surface area (Å²) in [7, 11) is 0. The number of hydrogen-bond donors (Lipinski definition) is 1. The van der Waals surface area contributed by atoms with Gasteiger partial charge in [0.15, 0.2) is 0 Å². The molecule has 88 valence electrons. The van der Waals surface area contributed by atoms with Crippen molar-refractivity contribution in [3.8, 4) is 0 Å². The zero-order valence-corrected chi connectivity index (χ0v) is 11.5. The Morgan fingerprint density at radius 1 is 1.50 bits per heavy atom. The Kier molecular flexibility index (Phi) is 3.87. The van der Waals surface area contributed by atoms with Crippen LogP contribution in [0.3, 0.4) is 0 Å². The third kappa shape index (κ3) is 2.58. The molecule has 0 saturated carbocycles. The van der Waals surface area contributed by atoms with E-state index in [0.717, 1.165) is 19.6 Å². The second-order valence-electron chi connectivity index (χ2n) is 4.50. The standard InChI is InChI=1S/C13H19BrN2/c1-3-6-16-9-10(2)15-8-11-7-12(14)4-5-13(11)16/h4-5,7,10,15H,3,6,8-9H2,1-2H3. The summed E-state index contributed by atoms with van der Waals surface area (Å²) in [5, 5.41) is 3.55. The monoisotopic (exact) mass is 282 g/mol. The molecule has 0 bridgehead atoms. The predicted molar refractivity (Wildman–Crippen MR) is 72.9 cm³/mol. The Balaban J connectivity index is 2.33. The van der Waals surface area contributed by atoms with Gasteiger partial charge < -0.3 is 10.2 Å². The molecular formula is C13H19BrN2. The van der Waals surface area contributed by atoms with Crippen LogP contribution in [0.15, 0.2) is 22.7 Å². The largest absolute Gasteiger partial charge is 0.370 e. The highest BCUT2D eigenvalue weighted by Gasteiger charge is 2.18. The number of nitrogens with zero attached hydrogens (tertiary/aromatic N) is 1. The third-order valence-corrected chi connectivity index (χ3v) is 3.50. The van der Waals surface area contributed by atoms with E-state index in [0.29, 0.717) is 6.04 Å². The van der Waals surface area contributed by atoms with Crippen LogP contribution in [0.4, 0.5) is 5.69 Å². The van der Waals surface area contributed by atoms with E-state index in [4.69, 9.17) is 0 Å². The van der Waals surface area contributed by atoms with Crippen molar-refractivity contribution in [1.29, 1.82) is 0 Å². The minimum absolute atomic E-state index is 0.553. The number of benzene rings is 1. The molecule has 0 radical (unpaired) electrons. The highest BCUT2D eigenvalue weighted by molar-refractivity contribution is 9.10. The number of rotatable bonds is 2. The van der Waals surface area contributed by atoms with Crippen molar-refractivity contribution >= 4 is 21.6 Å². The summed E-state index contributed by atoms with van der Waals surface area (Å²) in [6, 6.07) is 7.15. The topological polar surface area (TPSA) is 15.3 Å². The van der Waals surface area contributed by atoms with Gasteiger partial charge in [0.25, 0.3) is 0 Å². The van der Waals surface area contributed by atoms with E-state index >= 15 is 0 Å². The molecule has 2 rings (SSSR count). The van der Waals surface area contributed by atoms with Crippen LogP contribution in [0.2, 0.25) is 0 Å². The van der Waals surface area contributed by atoms with Crippen LogP contribution >= 0.6 is 15.9 Å². The SMILES string of the molecule is CCCN1CC(C)NCc2cc(Br)ccc21. The highest BCUT2D eigenvalue weighted by Crippen LogP contribution is 2.26. The number of fused-ring (bicyclic) bond motifs is 1. The average molecular weight is 283 g/mol. The van der Waals surface area contributed by atoms with Gasteiger partial charge in [-0.05, 0) is 37.1 Å². The smallest absolute Gasteiger partial charge is 0.0413 e. The van der Waals surface area contributed by atoms with Gasteiger partial charge in [0.2, 0.25) is 0 Å². The van der Waals surface area contributed by atoms with E-state index in [-0.39, 0.29) is 0 Å². The lowest BCUT2D eigenvalue weighted by Gasteiger charge is -2.26. The van der Waals surface area contributed by atoms with Crippen molar-refractivity contribution in [3.05, 3.63) is 28.2 Å². The zero-order valence-electron chi connectivity index (χ0n) is 9.96. The second-order valence-corrected chi connectivity index (χ2v) is 5.42. The van der Waals surface area contributed by atoms with Gasteiger partial charge in [0.1, 0.15) is 0 Å². The molecule has 1 aromatic rings. The fourth-order valence-corrected chi connectivity index (χ4v) is 2.67. The molecule has 0 fully saturated rings. The Bertz CT molecular complexity index is 365. The lowest BCUT2D eigenvalue weighted by molar-refractivity contribution is 0.552. The van der Waals surface area contributed by atoms with Gasteiger partial charge in [-0.2, -0.15) is 0 Å². The first-order valence-electron chi connectivity index (χ1n) is 5.97. The molecule has 1 unspecified atom stereocenters. The van der Waals surface area contributed by atoms with Crippen LogP contribution in [0, 0.1) is 0 Å². The van der Waals surface area contributed by atoms with E-state index < -0.39 is 0 Å². The Hall–Kier alpha value is -0.540. The quantitative estimate of drug-likeness (QED) is 0.897. The summed E-state index contributed by atoms with van der Waals surface area (Å²) in [4.78, 5) is 2.49. The normalized spacial score (nSPS) is 20.4. The molecule has 0 aromatic heterocycles. The number of halogens is 1. The van der Waals surface area contributed by atoms with Gasteiger partial charge in [-0.25, -0.2) is 0 Å². The maximum absolute atomic E-state index is 3.55. The van der Waals surface area contributed by atoms with Crippen LogP contribution in [0.5, 0.6) is 0 Å². The van der Waals surface area contributed by atoms with Gasteiger partial charge in [-0.1, -0.05) is 22.9 Å². The molecule has 1 N–H and O–H groups in total. The average Bonchev–Trinajstić information content (AvgIpc) is 2.39. The molecular weight excluding hydrogens is 264 g/mol. The van der Waals surface area contributed by atoms with E-state index in [1.54, 1.807) is 0 Å². The number of nitrogens with one attached hydrogen (secondary N) is 1. The van der Waals surface area contributed by atoms with Crippen molar-refractivity contribution in [3.63, 3.8) is 0 Å². The maximum atomic E-state index is 3.55. The molecule has 1 heterocycles. The van der Waals surface area contributed by atoms with Crippen LogP contribution in [0.25, 0.3) is 0 Å². The van der Waals surface area contributed by atoms with Gasteiger partial charge in [0, 0.05) is 35.8 Å². The lowest BCUT2D eigenvalue weighted by Crippen LogP contribution is -2.36. The zero-order chi connectivity index (χ0) is 11.5. The Labute approximate surface area is 106 Å². The Morgan fingerprint density at radius 2 is 2.31 bits per heavy atom. The van der Waals surface area contributed by atoms with Gasteiger partial charge in [-0.3, -0.25) is 0 Å². The van der Waals surface area contributed by atoms with Crippen molar-refractivity contribution < 1.29 is 0 Å². The summed E-state index contributed by atoms with van der Waals surface area (Å²) in [6.45, 7) is 7.70. The van der Waals surface area contributed by atoms with Crippen LogP contribution in [-0.4, -0.2) is 19.1 Å². The molecule has 0 aliphatic carbocycles. The first-order valence-corrected chi connectivity index (χ1v) is 6.76. The molecule has 0 amide bonds. The van der Waals surface area contributed by atoms with Gasteiger partial charge in [0.05, 0.1) is 0 Å². The maximum Gasteiger partial charge on any atom is 0.0413 e. The van der Waals surface area contributed by atoms with Gasteiger partial charge >= 0.3 is 0 Å². The summed E-state index contributed by atoms with van der Waals surface area (Å²) in [6.07, 6.45) is 1.20. The van der Waals surface area contributed by atoms with Crippen LogP contribution in [0.1, 0.15) is 25.8 Å². The summed E-state index contributed by atoms with van der Waals surface area (Å²) in [5.41, 5.74) is 2.79. The van der Waals surface area contributed by atoms with Crippen molar-refractivity contribution in [2.45, 2.75) is 32.9 Å². The third-order valence-electron chi connectivity index (χ3n) is 3.01. The second kappa shape index (κ2) is 5.19. The van der Waals surface area contributed by atoms with E-state index in [2.05, 4.69) is 58.2 Å². The van der Waals surface area contributed by atoms with Crippen molar-refractivity contribution in [2.24, 2.45) is 0 Å². The first-order chi connectivity index (χ1) is 7.70. The van der Waals surface area contributed by atoms with E-state index in [1.165, 1.54) is 22.1 Å². The number of hydrogen-bond acceptors (Lipinski definition) is 2. The molecule has 1 aliphatic heterocycles. The molecule has 0 spiro atoms. The van der Waals surface area contributed by atoms with Crippen LogP contribution in [-0.2, 0) is 6.54 Å². The van der Waals surface area contributed by atoms with Crippen molar-refractivity contribution in [2.75, 3.05) is 18.0 Å². The molecule has 0 saturated heterocycles. The molecule has 1 atom stereocenters. The van der Waals surface area contributed by atoms with E-state index in [1.807, 2.05) is 0 Å². The lowest BCUT2D eigenvalue weighted by atomic mass is 10.1. The molecule has 2 nitrogen and oxygen atoms in total. The molecule has 16 heavy (non-hydrogen) atoms. The summed E-state index contributed by atoms with van der Waals surface area (Å²) >= 11 is 3.54. The van der Waals surface area contributed by atoms with Crippen molar-refractivity contribution in [1.82, 2.24) is 5.32 Å². The molecule has 3 heteroatoms. The minimum atomic E-state index is 0.553. The minimum Gasteiger partial charge on any atom is -0.370 e. The molecule has 1 aliphatic rings. The fourth-order valence-electron chi connectivity index (χ4n) is 2.26. The van der Waals surface area contributed by atoms with Gasteiger partial charge in [-0.15, -0.1) is 0 Å². The predicted octanol–water partition coefficient (Wildman–Crippen LogP) is 3.16. The summed E-state index contributed by atoms with van der Waals surface area (Å²) in [5.74, 6) is 0. The fraction of sp³-hybridized carbons (Fsp3) is 0.538. The Morgan fingerprint density at radius 3 is 3.06 bits per heavy atom. The highest BCUT2D eigenvalue weighted by atomic mass is 79.9. The molecule has 1 aromatic carbocycles. The van der Waals surface area contributed by atoms with Crippen LogP contribution < -0.4 is 10.2 Å².